The highest BCUT2D eigenvalue weighted by molar-refractivity contribution is 5.73. The van der Waals surface area contributed by atoms with E-state index in [1.54, 1.807) is 6.08 Å². The molecule has 2 atom stereocenters. The molecule has 0 spiro atoms. The third-order valence-corrected chi connectivity index (χ3v) is 2.06. The van der Waals surface area contributed by atoms with Gasteiger partial charge in [0.05, 0.1) is 0 Å². The fourth-order valence-electron chi connectivity index (χ4n) is 1.27. The van der Waals surface area contributed by atoms with E-state index < -0.39 is 12.0 Å². The lowest BCUT2D eigenvalue weighted by Crippen LogP contribution is -2.32. The molecule has 0 aromatic carbocycles. The monoisotopic (exact) mass is 185 g/mol. The SMILES string of the molecule is NC(CC1CC=CC=C1F)C(=O)O. The maximum Gasteiger partial charge on any atom is 0.320 e. The first kappa shape index (κ1) is 9.92. The number of allylic oxidation sites excluding steroid dienone is 4. The Kier molecular flexibility index (Phi) is 3.19. The van der Waals surface area contributed by atoms with Crippen LogP contribution in [0.5, 0.6) is 0 Å². The summed E-state index contributed by atoms with van der Waals surface area (Å²) in [5.41, 5.74) is 5.29. The summed E-state index contributed by atoms with van der Waals surface area (Å²) in [4.78, 5) is 10.4. The Morgan fingerprint density at radius 2 is 2.54 bits per heavy atom. The van der Waals surface area contributed by atoms with Gasteiger partial charge in [0.15, 0.2) is 0 Å². The number of aliphatic carboxylic acids is 1. The van der Waals surface area contributed by atoms with Crippen LogP contribution in [0.15, 0.2) is 24.1 Å². The Morgan fingerprint density at radius 3 is 3.08 bits per heavy atom. The first-order valence-corrected chi connectivity index (χ1v) is 4.12. The molecule has 0 radical (unpaired) electrons. The molecule has 0 heterocycles. The highest BCUT2D eigenvalue weighted by Crippen LogP contribution is 2.25. The van der Waals surface area contributed by atoms with Gasteiger partial charge in [-0.25, -0.2) is 4.39 Å². The van der Waals surface area contributed by atoms with Gasteiger partial charge >= 0.3 is 5.97 Å². The van der Waals surface area contributed by atoms with Gasteiger partial charge < -0.3 is 10.8 Å². The quantitative estimate of drug-likeness (QED) is 0.694. The zero-order valence-electron chi connectivity index (χ0n) is 7.11. The molecule has 1 aliphatic rings. The van der Waals surface area contributed by atoms with Crippen molar-refractivity contribution < 1.29 is 14.3 Å². The van der Waals surface area contributed by atoms with E-state index >= 15 is 0 Å². The van der Waals surface area contributed by atoms with Crippen LogP contribution in [0.25, 0.3) is 0 Å². The van der Waals surface area contributed by atoms with Gasteiger partial charge in [-0.15, -0.1) is 0 Å². The van der Waals surface area contributed by atoms with E-state index in [1.165, 1.54) is 6.08 Å². The minimum absolute atomic E-state index is 0.155. The van der Waals surface area contributed by atoms with Crippen LogP contribution >= 0.6 is 0 Å². The lowest BCUT2D eigenvalue weighted by atomic mass is 9.92. The van der Waals surface area contributed by atoms with E-state index in [4.69, 9.17) is 10.8 Å². The summed E-state index contributed by atoms with van der Waals surface area (Å²) < 4.78 is 13.0. The zero-order chi connectivity index (χ0) is 9.84. The van der Waals surface area contributed by atoms with Gasteiger partial charge in [-0.1, -0.05) is 12.2 Å². The summed E-state index contributed by atoms with van der Waals surface area (Å²) in [6, 6.07) is -0.976. The van der Waals surface area contributed by atoms with Crippen LogP contribution < -0.4 is 5.73 Å². The Labute approximate surface area is 75.7 Å². The van der Waals surface area contributed by atoms with Gasteiger partial charge in [0.1, 0.15) is 11.9 Å². The van der Waals surface area contributed by atoms with Crippen molar-refractivity contribution in [3.8, 4) is 0 Å². The van der Waals surface area contributed by atoms with Gasteiger partial charge in [0, 0.05) is 5.92 Å². The predicted molar refractivity (Wildman–Crippen MR) is 46.7 cm³/mol. The van der Waals surface area contributed by atoms with Gasteiger partial charge in [0.25, 0.3) is 0 Å². The Balaban J connectivity index is 2.50. The minimum Gasteiger partial charge on any atom is -0.480 e. The van der Waals surface area contributed by atoms with Crippen LogP contribution in [0.3, 0.4) is 0 Å². The number of rotatable bonds is 3. The van der Waals surface area contributed by atoms with Crippen LogP contribution in [-0.2, 0) is 4.79 Å². The summed E-state index contributed by atoms with van der Waals surface area (Å²) in [7, 11) is 0. The third kappa shape index (κ3) is 2.66. The molecular weight excluding hydrogens is 173 g/mol. The molecule has 1 aliphatic carbocycles. The molecule has 13 heavy (non-hydrogen) atoms. The van der Waals surface area contributed by atoms with Gasteiger partial charge in [-0.2, -0.15) is 0 Å². The summed E-state index contributed by atoms with van der Waals surface area (Å²) in [6.45, 7) is 0. The lowest BCUT2D eigenvalue weighted by molar-refractivity contribution is -0.138. The average Bonchev–Trinajstić information content (AvgIpc) is 2.08. The number of halogens is 1. The van der Waals surface area contributed by atoms with Gasteiger partial charge in [-0.3, -0.25) is 4.79 Å². The fraction of sp³-hybridized carbons (Fsp3) is 0.444. The Bertz CT molecular complexity index is 260. The maximum atomic E-state index is 13.0. The van der Waals surface area contributed by atoms with Crippen molar-refractivity contribution in [2.45, 2.75) is 18.9 Å². The lowest BCUT2D eigenvalue weighted by Gasteiger charge is -2.17. The van der Waals surface area contributed by atoms with E-state index in [2.05, 4.69) is 0 Å². The second kappa shape index (κ2) is 4.18. The van der Waals surface area contributed by atoms with Crippen LogP contribution in [0.2, 0.25) is 0 Å². The van der Waals surface area contributed by atoms with Crippen LogP contribution in [0.4, 0.5) is 4.39 Å². The average molecular weight is 185 g/mol. The molecule has 3 N–H and O–H groups in total. The number of carboxylic acids is 1. The molecule has 0 saturated carbocycles. The molecule has 0 aliphatic heterocycles. The predicted octanol–water partition coefficient (Wildman–Crippen LogP) is 1.22. The normalized spacial score (nSPS) is 23.8. The largest absolute Gasteiger partial charge is 0.480 e. The molecule has 4 heteroatoms. The molecule has 0 aromatic rings. The molecule has 72 valence electrons. The second-order valence-electron chi connectivity index (χ2n) is 3.09. The highest BCUT2D eigenvalue weighted by atomic mass is 19.1. The first-order chi connectivity index (χ1) is 6.11. The van der Waals surface area contributed by atoms with Crippen molar-refractivity contribution in [3.05, 3.63) is 24.1 Å². The second-order valence-corrected chi connectivity index (χ2v) is 3.09. The van der Waals surface area contributed by atoms with E-state index in [0.717, 1.165) is 0 Å². The van der Waals surface area contributed by atoms with Gasteiger partial charge in [0.2, 0.25) is 0 Å². The van der Waals surface area contributed by atoms with Gasteiger partial charge in [-0.05, 0) is 18.9 Å². The Morgan fingerprint density at radius 1 is 1.85 bits per heavy atom. The molecule has 0 bridgehead atoms. The van der Waals surface area contributed by atoms with Crippen molar-refractivity contribution in [2.75, 3.05) is 0 Å². The third-order valence-electron chi connectivity index (χ3n) is 2.06. The van der Waals surface area contributed by atoms with Crippen LogP contribution in [0.1, 0.15) is 12.8 Å². The summed E-state index contributed by atoms with van der Waals surface area (Å²) in [5, 5.41) is 8.51. The van der Waals surface area contributed by atoms with Crippen molar-refractivity contribution in [2.24, 2.45) is 11.7 Å². The topological polar surface area (TPSA) is 63.3 Å². The number of carboxylic acid groups (broad SMARTS) is 1. The molecule has 3 nitrogen and oxygen atoms in total. The Hall–Kier alpha value is -1.16. The standard InChI is InChI=1S/C9H12FNO2/c10-7-4-2-1-3-6(7)5-8(11)9(12)13/h1-2,4,6,8H,3,5,11H2,(H,12,13). The van der Waals surface area contributed by atoms with Crippen LogP contribution in [-0.4, -0.2) is 17.1 Å². The maximum absolute atomic E-state index is 13.0. The molecule has 2 unspecified atom stereocenters. The number of carbonyl (C=O) groups is 1. The number of hydrogen-bond donors (Lipinski definition) is 2. The molecule has 1 rings (SSSR count). The van der Waals surface area contributed by atoms with E-state index in [9.17, 15) is 9.18 Å². The highest BCUT2D eigenvalue weighted by Gasteiger charge is 2.22. The molecule has 0 aromatic heterocycles. The molecule has 0 amide bonds. The van der Waals surface area contributed by atoms with E-state index in [0.29, 0.717) is 6.42 Å². The van der Waals surface area contributed by atoms with E-state index in [1.807, 2.05) is 6.08 Å². The van der Waals surface area contributed by atoms with Crippen molar-refractivity contribution in [1.82, 2.24) is 0 Å². The molecule has 0 fully saturated rings. The summed E-state index contributed by atoms with van der Waals surface area (Å²) in [5.74, 6) is -1.72. The fourth-order valence-corrected chi connectivity index (χ4v) is 1.27. The van der Waals surface area contributed by atoms with Crippen molar-refractivity contribution in [3.63, 3.8) is 0 Å². The molecular formula is C9H12FNO2. The summed E-state index contributed by atoms with van der Waals surface area (Å²) in [6.07, 6.45) is 5.47. The van der Waals surface area contributed by atoms with Crippen LogP contribution in [0, 0.1) is 5.92 Å². The number of hydrogen-bond acceptors (Lipinski definition) is 2. The first-order valence-electron chi connectivity index (χ1n) is 4.12. The smallest absolute Gasteiger partial charge is 0.320 e. The van der Waals surface area contributed by atoms with Crippen molar-refractivity contribution in [1.29, 1.82) is 0 Å². The van der Waals surface area contributed by atoms with E-state index in [-0.39, 0.29) is 18.2 Å². The van der Waals surface area contributed by atoms with Crippen molar-refractivity contribution >= 4 is 5.97 Å². The minimum atomic E-state index is -1.08. The number of nitrogens with two attached hydrogens (primary N) is 1. The summed E-state index contributed by atoms with van der Waals surface area (Å²) >= 11 is 0. The molecule has 0 saturated heterocycles. The zero-order valence-corrected chi connectivity index (χ0v) is 7.11.